The van der Waals surface area contributed by atoms with Gasteiger partial charge in [-0.1, -0.05) is 13.8 Å². The van der Waals surface area contributed by atoms with E-state index in [-0.39, 0.29) is 17.3 Å². The van der Waals surface area contributed by atoms with Gasteiger partial charge >= 0.3 is 6.18 Å². The van der Waals surface area contributed by atoms with E-state index < -0.39 is 16.8 Å². The molecule has 3 nitrogen and oxygen atoms in total. The van der Waals surface area contributed by atoms with E-state index >= 15 is 0 Å². The van der Waals surface area contributed by atoms with Gasteiger partial charge in [0.25, 0.3) is 0 Å². The highest BCUT2D eigenvalue weighted by Gasteiger charge is 2.39. The van der Waals surface area contributed by atoms with Crippen molar-refractivity contribution in [1.29, 1.82) is 0 Å². The number of halogens is 3. The molecule has 92 valence electrons. The van der Waals surface area contributed by atoms with Crippen molar-refractivity contribution >= 4 is 11.3 Å². The second kappa shape index (κ2) is 4.31. The normalized spacial score (nSPS) is 16.5. The molecule has 0 aliphatic heterocycles. The standard InChI is InChI=1S/C9H13F3N2OS/c1-5(2)8(15,4-13)6-3-14-7(16-6)9(10,11)12/h3,5,15H,4,13H2,1-2H3. The zero-order valence-electron chi connectivity index (χ0n) is 8.88. The van der Waals surface area contributed by atoms with E-state index in [0.29, 0.717) is 11.3 Å². The average Bonchev–Trinajstić information content (AvgIpc) is 2.64. The Labute approximate surface area is 95.1 Å². The van der Waals surface area contributed by atoms with Crippen LogP contribution in [0.25, 0.3) is 0 Å². The van der Waals surface area contributed by atoms with E-state index in [1.165, 1.54) is 0 Å². The van der Waals surface area contributed by atoms with E-state index in [1.54, 1.807) is 13.8 Å². The van der Waals surface area contributed by atoms with Crippen LogP contribution < -0.4 is 5.73 Å². The molecule has 0 fully saturated rings. The minimum Gasteiger partial charge on any atom is -0.383 e. The molecule has 0 amide bonds. The Morgan fingerprint density at radius 1 is 1.50 bits per heavy atom. The van der Waals surface area contributed by atoms with E-state index in [1.807, 2.05) is 0 Å². The number of nitrogens with zero attached hydrogens (tertiary/aromatic N) is 1. The van der Waals surface area contributed by atoms with Crippen LogP contribution in [0.5, 0.6) is 0 Å². The number of aromatic nitrogens is 1. The molecule has 1 heterocycles. The molecule has 1 atom stereocenters. The number of hydrogen-bond donors (Lipinski definition) is 2. The van der Waals surface area contributed by atoms with Gasteiger partial charge in [0.2, 0.25) is 0 Å². The maximum atomic E-state index is 12.3. The SMILES string of the molecule is CC(C)C(O)(CN)c1cnc(C(F)(F)F)s1. The van der Waals surface area contributed by atoms with Crippen LogP contribution in [-0.4, -0.2) is 16.6 Å². The van der Waals surface area contributed by atoms with Crippen LogP contribution in [0.1, 0.15) is 23.7 Å². The topological polar surface area (TPSA) is 59.1 Å². The highest BCUT2D eigenvalue weighted by atomic mass is 32.1. The molecule has 0 radical (unpaired) electrons. The summed E-state index contributed by atoms with van der Waals surface area (Å²) in [4.78, 5) is 3.41. The molecule has 7 heteroatoms. The van der Waals surface area contributed by atoms with Crippen LogP contribution in [0, 0.1) is 5.92 Å². The summed E-state index contributed by atoms with van der Waals surface area (Å²) >= 11 is 0.434. The molecule has 0 saturated carbocycles. The largest absolute Gasteiger partial charge is 0.443 e. The monoisotopic (exact) mass is 254 g/mol. The summed E-state index contributed by atoms with van der Waals surface area (Å²) in [5.41, 5.74) is 3.96. The van der Waals surface area contributed by atoms with Gasteiger partial charge in [0.05, 0.1) is 4.88 Å². The van der Waals surface area contributed by atoms with Gasteiger partial charge in [0, 0.05) is 12.7 Å². The fourth-order valence-electron chi connectivity index (χ4n) is 1.23. The molecule has 1 aromatic rings. The minimum absolute atomic E-state index is 0.135. The van der Waals surface area contributed by atoms with E-state index in [4.69, 9.17) is 5.73 Å². The maximum absolute atomic E-state index is 12.3. The van der Waals surface area contributed by atoms with Gasteiger partial charge in [-0.25, -0.2) is 4.98 Å². The Hall–Kier alpha value is -0.660. The second-order valence-electron chi connectivity index (χ2n) is 3.81. The molecule has 0 spiro atoms. The van der Waals surface area contributed by atoms with Crippen molar-refractivity contribution in [3.63, 3.8) is 0 Å². The number of rotatable bonds is 3. The van der Waals surface area contributed by atoms with Gasteiger partial charge < -0.3 is 10.8 Å². The molecule has 0 aliphatic carbocycles. The molecule has 1 aromatic heterocycles. The first-order valence-corrected chi connectivity index (χ1v) is 5.49. The molecule has 0 bridgehead atoms. The summed E-state index contributed by atoms with van der Waals surface area (Å²) in [7, 11) is 0. The van der Waals surface area contributed by atoms with E-state index in [0.717, 1.165) is 6.20 Å². The average molecular weight is 254 g/mol. The van der Waals surface area contributed by atoms with Crippen LogP contribution in [0.3, 0.4) is 0 Å². The van der Waals surface area contributed by atoms with Crippen LogP contribution in [0.4, 0.5) is 13.2 Å². The minimum atomic E-state index is -4.48. The highest BCUT2D eigenvalue weighted by molar-refractivity contribution is 7.11. The number of thiazole rings is 1. The van der Waals surface area contributed by atoms with Crippen molar-refractivity contribution < 1.29 is 18.3 Å². The summed E-state index contributed by atoms with van der Waals surface area (Å²) in [5, 5.41) is 9.16. The summed E-state index contributed by atoms with van der Waals surface area (Å²) < 4.78 is 37.0. The van der Waals surface area contributed by atoms with Crippen LogP contribution in [0.2, 0.25) is 0 Å². The van der Waals surface area contributed by atoms with Crippen molar-refractivity contribution in [2.24, 2.45) is 11.7 Å². The van der Waals surface area contributed by atoms with Crippen molar-refractivity contribution in [2.75, 3.05) is 6.54 Å². The van der Waals surface area contributed by atoms with Crippen molar-refractivity contribution in [3.8, 4) is 0 Å². The lowest BCUT2D eigenvalue weighted by Gasteiger charge is -2.29. The Balaban J connectivity index is 3.10. The second-order valence-corrected chi connectivity index (χ2v) is 4.84. The lowest BCUT2D eigenvalue weighted by molar-refractivity contribution is -0.137. The third-order valence-corrected chi connectivity index (χ3v) is 3.65. The van der Waals surface area contributed by atoms with E-state index in [9.17, 15) is 18.3 Å². The van der Waals surface area contributed by atoms with Gasteiger partial charge in [0.15, 0.2) is 5.01 Å². The Morgan fingerprint density at radius 2 is 2.06 bits per heavy atom. The number of hydrogen-bond acceptors (Lipinski definition) is 4. The molecule has 3 N–H and O–H groups in total. The van der Waals surface area contributed by atoms with Gasteiger partial charge in [-0.3, -0.25) is 0 Å². The molecule has 0 aromatic carbocycles. The van der Waals surface area contributed by atoms with Crippen molar-refractivity contribution in [3.05, 3.63) is 16.1 Å². The predicted octanol–water partition coefficient (Wildman–Crippen LogP) is 1.96. The summed E-state index contributed by atoms with van der Waals surface area (Å²) in [6, 6.07) is 0. The van der Waals surface area contributed by atoms with Gasteiger partial charge in [-0.2, -0.15) is 13.2 Å². The predicted molar refractivity (Wildman–Crippen MR) is 54.9 cm³/mol. The maximum Gasteiger partial charge on any atom is 0.443 e. The quantitative estimate of drug-likeness (QED) is 0.867. The molecule has 16 heavy (non-hydrogen) atoms. The molecule has 1 unspecified atom stereocenters. The summed E-state index contributed by atoms with van der Waals surface area (Å²) in [5.74, 6) is -0.279. The summed E-state index contributed by atoms with van der Waals surface area (Å²) in [6.07, 6.45) is -3.43. The first kappa shape index (κ1) is 13.4. The Bertz CT molecular complexity index is 364. The van der Waals surface area contributed by atoms with E-state index in [2.05, 4.69) is 4.98 Å². The van der Waals surface area contributed by atoms with Gasteiger partial charge in [-0.05, 0) is 5.92 Å². The van der Waals surface area contributed by atoms with Crippen molar-refractivity contribution in [2.45, 2.75) is 25.6 Å². The number of aliphatic hydroxyl groups is 1. The third kappa shape index (κ3) is 2.36. The van der Waals surface area contributed by atoms with Crippen LogP contribution in [0.15, 0.2) is 6.20 Å². The Kier molecular flexibility index (Phi) is 3.61. The first-order chi connectivity index (χ1) is 7.21. The van der Waals surface area contributed by atoms with Gasteiger partial charge in [0.1, 0.15) is 5.60 Å². The zero-order chi connectivity index (χ0) is 12.6. The molecule has 0 saturated heterocycles. The van der Waals surface area contributed by atoms with Crippen LogP contribution >= 0.6 is 11.3 Å². The lowest BCUT2D eigenvalue weighted by Crippen LogP contribution is -2.39. The molecular formula is C9H13F3N2OS. The van der Waals surface area contributed by atoms with Crippen molar-refractivity contribution in [1.82, 2.24) is 4.98 Å². The van der Waals surface area contributed by atoms with Gasteiger partial charge in [-0.15, -0.1) is 11.3 Å². The Morgan fingerprint density at radius 3 is 2.38 bits per heavy atom. The zero-order valence-corrected chi connectivity index (χ0v) is 9.69. The molecular weight excluding hydrogens is 241 g/mol. The highest BCUT2D eigenvalue weighted by Crippen LogP contribution is 2.38. The molecule has 0 aliphatic rings. The number of alkyl halides is 3. The third-order valence-electron chi connectivity index (χ3n) is 2.44. The summed E-state index contributed by atoms with van der Waals surface area (Å²) in [6.45, 7) is 3.25. The smallest absolute Gasteiger partial charge is 0.383 e. The lowest BCUT2D eigenvalue weighted by atomic mass is 9.89. The fraction of sp³-hybridized carbons (Fsp3) is 0.667. The van der Waals surface area contributed by atoms with Crippen LogP contribution in [-0.2, 0) is 11.8 Å². The first-order valence-electron chi connectivity index (χ1n) is 4.67. The number of nitrogens with two attached hydrogens (primary N) is 1. The fourth-order valence-corrected chi connectivity index (χ4v) is 2.26. The molecule has 1 rings (SSSR count).